The summed E-state index contributed by atoms with van der Waals surface area (Å²) in [6.07, 6.45) is -0.905. The fraction of sp³-hybridized carbons (Fsp3) is 0.389. The van der Waals surface area contributed by atoms with Crippen LogP contribution in [0.15, 0.2) is 40.8 Å². The predicted molar refractivity (Wildman–Crippen MR) is 95.9 cm³/mol. The van der Waals surface area contributed by atoms with E-state index in [1.807, 2.05) is 13.8 Å². The van der Waals surface area contributed by atoms with Gasteiger partial charge in [-0.1, -0.05) is 26.0 Å². The molecule has 0 aliphatic heterocycles. The molecule has 0 bridgehead atoms. The quantitative estimate of drug-likeness (QED) is 0.784. The number of halogens is 2. The van der Waals surface area contributed by atoms with E-state index in [9.17, 15) is 14.3 Å². The lowest BCUT2D eigenvalue weighted by atomic mass is 10.1. The summed E-state index contributed by atoms with van der Waals surface area (Å²) in [5.74, 6) is 0.276. The smallest absolute Gasteiger partial charge is 0.289 e. The molecule has 1 atom stereocenters. The van der Waals surface area contributed by atoms with Crippen molar-refractivity contribution < 1.29 is 18.7 Å². The molecule has 5 nitrogen and oxygen atoms in total. The van der Waals surface area contributed by atoms with Crippen molar-refractivity contribution in [2.45, 2.75) is 26.5 Å². The number of nitrogens with zero attached hydrogens (tertiary/aromatic N) is 1. The second-order valence-corrected chi connectivity index (χ2v) is 6.14. The zero-order valence-electron chi connectivity index (χ0n) is 14.3. The zero-order chi connectivity index (χ0) is 17.7. The number of rotatable bonds is 7. The van der Waals surface area contributed by atoms with E-state index in [1.165, 1.54) is 29.2 Å². The van der Waals surface area contributed by atoms with E-state index in [-0.39, 0.29) is 48.9 Å². The van der Waals surface area contributed by atoms with E-state index in [0.717, 1.165) is 0 Å². The highest BCUT2D eigenvalue weighted by Crippen LogP contribution is 2.18. The van der Waals surface area contributed by atoms with Crippen LogP contribution >= 0.6 is 12.4 Å². The summed E-state index contributed by atoms with van der Waals surface area (Å²) in [7, 11) is 0. The largest absolute Gasteiger partial charge is 0.455 e. The molecular formula is C18H24ClFN2O3. The van der Waals surface area contributed by atoms with Crippen molar-refractivity contribution in [1.29, 1.82) is 0 Å². The Kier molecular flexibility index (Phi) is 8.09. The SMILES string of the molecule is CC(C)CN(CC(O)c1ccc(F)cc1)C(=O)c1ccc(CN)o1.Cl. The number of carbonyl (C=O) groups is 1. The molecule has 25 heavy (non-hydrogen) atoms. The molecule has 0 aliphatic carbocycles. The highest BCUT2D eigenvalue weighted by Gasteiger charge is 2.23. The van der Waals surface area contributed by atoms with Crippen LogP contribution in [-0.4, -0.2) is 29.0 Å². The number of amides is 1. The summed E-state index contributed by atoms with van der Waals surface area (Å²) in [5, 5.41) is 10.4. The molecule has 0 saturated heterocycles. The van der Waals surface area contributed by atoms with Crippen LogP contribution in [0.4, 0.5) is 4.39 Å². The van der Waals surface area contributed by atoms with Gasteiger partial charge in [0.2, 0.25) is 0 Å². The molecule has 0 spiro atoms. The third-order valence-electron chi connectivity index (χ3n) is 3.59. The molecule has 0 saturated carbocycles. The average Bonchev–Trinajstić information content (AvgIpc) is 3.02. The lowest BCUT2D eigenvalue weighted by Crippen LogP contribution is -2.37. The standard InChI is InChI=1S/C18H23FN2O3.ClH/c1-12(2)10-21(18(23)17-8-7-15(9-20)24-17)11-16(22)13-3-5-14(19)6-4-13;/h3-8,12,16,22H,9-11,20H2,1-2H3;1H. The average molecular weight is 371 g/mol. The van der Waals surface area contributed by atoms with Gasteiger partial charge < -0.3 is 20.2 Å². The number of nitrogens with two attached hydrogens (primary N) is 1. The van der Waals surface area contributed by atoms with Gasteiger partial charge in [0.25, 0.3) is 5.91 Å². The Morgan fingerprint density at radius 3 is 2.36 bits per heavy atom. The Balaban J connectivity index is 0.00000312. The number of hydrogen-bond donors (Lipinski definition) is 2. The molecule has 7 heteroatoms. The van der Waals surface area contributed by atoms with Crippen LogP contribution in [0.3, 0.4) is 0 Å². The van der Waals surface area contributed by atoms with Gasteiger partial charge in [0.05, 0.1) is 19.2 Å². The first-order valence-corrected chi connectivity index (χ1v) is 7.92. The van der Waals surface area contributed by atoms with Crippen molar-refractivity contribution in [3.63, 3.8) is 0 Å². The number of hydrogen-bond acceptors (Lipinski definition) is 4. The number of furan rings is 1. The van der Waals surface area contributed by atoms with Crippen molar-refractivity contribution in [3.8, 4) is 0 Å². The Bertz CT molecular complexity index is 673. The van der Waals surface area contributed by atoms with Crippen molar-refractivity contribution in [1.82, 2.24) is 4.90 Å². The van der Waals surface area contributed by atoms with Gasteiger partial charge in [0, 0.05) is 6.54 Å². The van der Waals surface area contributed by atoms with E-state index in [0.29, 0.717) is 17.9 Å². The fourth-order valence-corrected chi connectivity index (χ4v) is 2.44. The number of benzene rings is 1. The van der Waals surface area contributed by atoms with E-state index >= 15 is 0 Å². The third kappa shape index (κ3) is 5.85. The molecule has 3 N–H and O–H groups in total. The van der Waals surface area contributed by atoms with Gasteiger partial charge in [-0.05, 0) is 35.7 Å². The minimum absolute atomic E-state index is 0. The maximum Gasteiger partial charge on any atom is 0.289 e. The molecule has 1 amide bonds. The Morgan fingerprint density at radius 1 is 1.20 bits per heavy atom. The summed E-state index contributed by atoms with van der Waals surface area (Å²) >= 11 is 0. The van der Waals surface area contributed by atoms with Gasteiger partial charge in [0.1, 0.15) is 11.6 Å². The number of aliphatic hydroxyl groups is 1. The zero-order valence-corrected chi connectivity index (χ0v) is 15.1. The van der Waals surface area contributed by atoms with Crippen molar-refractivity contribution in [2.75, 3.05) is 13.1 Å². The predicted octanol–water partition coefficient (Wildman–Crippen LogP) is 3.13. The normalized spacial score (nSPS) is 11.9. The minimum Gasteiger partial charge on any atom is -0.455 e. The van der Waals surface area contributed by atoms with Crippen molar-refractivity contribution >= 4 is 18.3 Å². The molecule has 2 rings (SSSR count). The third-order valence-corrected chi connectivity index (χ3v) is 3.59. The molecule has 138 valence electrons. The molecule has 1 heterocycles. The lowest BCUT2D eigenvalue weighted by molar-refractivity contribution is 0.0564. The highest BCUT2D eigenvalue weighted by atomic mass is 35.5. The van der Waals surface area contributed by atoms with Gasteiger partial charge in [0.15, 0.2) is 5.76 Å². The van der Waals surface area contributed by atoms with Crippen molar-refractivity contribution in [2.24, 2.45) is 11.7 Å². The molecule has 0 fully saturated rings. The summed E-state index contributed by atoms with van der Waals surface area (Å²) in [5.41, 5.74) is 6.06. The van der Waals surface area contributed by atoms with E-state index < -0.39 is 6.10 Å². The summed E-state index contributed by atoms with van der Waals surface area (Å²) in [6.45, 7) is 4.75. The number of carbonyl (C=O) groups excluding carboxylic acids is 1. The second kappa shape index (κ2) is 9.56. The molecule has 2 aromatic rings. The van der Waals surface area contributed by atoms with E-state index in [2.05, 4.69) is 0 Å². The molecular weight excluding hydrogens is 347 g/mol. The molecule has 1 unspecified atom stereocenters. The lowest BCUT2D eigenvalue weighted by Gasteiger charge is -2.26. The minimum atomic E-state index is -0.905. The van der Waals surface area contributed by atoms with Crippen LogP contribution < -0.4 is 5.73 Å². The monoisotopic (exact) mass is 370 g/mol. The first-order chi connectivity index (χ1) is 11.4. The van der Waals surface area contributed by atoms with Gasteiger partial charge in [-0.2, -0.15) is 0 Å². The fourth-order valence-electron chi connectivity index (χ4n) is 2.44. The summed E-state index contributed by atoms with van der Waals surface area (Å²) in [6, 6.07) is 8.84. The molecule has 1 aromatic heterocycles. The maximum atomic E-state index is 13.0. The summed E-state index contributed by atoms with van der Waals surface area (Å²) in [4.78, 5) is 14.2. The second-order valence-electron chi connectivity index (χ2n) is 6.14. The van der Waals surface area contributed by atoms with Crippen molar-refractivity contribution in [3.05, 3.63) is 59.3 Å². The van der Waals surface area contributed by atoms with Crippen LogP contribution in [0, 0.1) is 11.7 Å². The highest BCUT2D eigenvalue weighted by molar-refractivity contribution is 5.91. The van der Waals surface area contributed by atoms with Gasteiger partial charge in [-0.25, -0.2) is 4.39 Å². The first-order valence-electron chi connectivity index (χ1n) is 7.92. The maximum absolute atomic E-state index is 13.0. The molecule has 1 aromatic carbocycles. The van der Waals surface area contributed by atoms with Crippen LogP contribution in [0.2, 0.25) is 0 Å². The van der Waals surface area contributed by atoms with Gasteiger partial charge >= 0.3 is 0 Å². The number of aliphatic hydroxyl groups excluding tert-OH is 1. The van der Waals surface area contributed by atoms with Gasteiger partial charge in [-0.15, -0.1) is 12.4 Å². The van der Waals surface area contributed by atoms with Crippen LogP contribution in [0.1, 0.15) is 41.8 Å². The summed E-state index contributed by atoms with van der Waals surface area (Å²) < 4.78 is 18.4. The Morgan fingerprint density at radius 2 is 1.84 bits per heavy atom. The first kappa shape index (κ1) is 21.2. The van der Waals surface area contributed by atoms with E-state index in [4.69, 9.17) is 10.2 Å². The molecule has 0 aliphatic rings. The van der Waals surface area contributed by atoms with Crippen LogP contribution in [-0.2, 0) is 6.54 Å². The van der Waals surface area contributed by atoms with Gasteiger partial charge in [-0.3, -0.25) is 4.79 Å². The van der Waals surface area contributed by atoms with Crippen LogP contribution in [0.5, 0.6) is 0 Å². The Labute approximate surface area is 153 Å². The van der Waals surface area contributed by atoms with E-state index in [1.54, 1.807) is 12.1 Å². The Hall–Kier alpha value is -1.89. The van der Waals surface area contributed by atoms with Crippen LogP contribution in [0.25, 0.3) is 0 Å². The molecule has 0 radical (unpaired) electrons. The topological polar surface area (TPSA) is 79.7 Å².